The van der Waals surface area contributed by atoms with Gasteiger partial charge in [0, 0.05) is 31.7 Å². The van der Waals surface area contributed by atoms with Crippen molar-refractivity contribution in [3.63, 3.8) is 0 Å². The highest BCUT2D eigenvalue weighted by Gasteiger charge is 2.17. The molecule has 0 spiro atoms. The largest absolute Gasteiger partial charge is 0.399 e. The lowest BCUT2D eigenvalue weighted by molar-refractivity contribution is -0.121. The predicted octanol–water partition coefficient (Wildman–Crippen LogP) is 3.75. The van der Waals surface area contributed by atoms with Crippen LogP contribution in [0.2, 0.25) is 0 Å². The molecule has 1 aliphatic rings. The number of nitrogens with zero attached hydrogens (tertiary/aromatic N) is 1. The summed E-state index contributed by atoms with van der Waals surface area (Å²) in [6, 6.07) is 16.2. The first kappa shape index (κ1) is 19.4. The molecule has 1 amide bonds. The maximum absolute atomic E-state index is 12.3. The van der Waals surface area contributed by atoms with Gasteiger partial charge in [0.05, 0.1) is 0 Å². The number of amides is 1. The number of hydrogen-bond donors (Lipinski definition) is 2. The molecule has 0 bridgehead atoms. The first-order valence-corrected chi connectivity index (χ1v) is 10.0. The summed E-state index contributed by atoms with van der Waals surface area (Å²) in [6.07, 6.45) is 3.74. The minimum atomic E-state index is 0.0691. The number of likely N-dealkylation sites (tertiary alicyclic amines) is 1. The van der Waals surface area contributed by atoms with Gasteiger partial charge in [-0.1, -0.05) is 49.4 Å². The highest BCUT2D eigenvalue weighted by Crippen LogP contribution is 2.19. The summed E-state index contributed by atoms with van der Waals surface area (Å²) in [7, 11) is 0. The van der Waals surface area contributed by atoms with Gasteiger partial charge in [-0.2, -0.15) is 0 Å². The number of anilines is 1. The summed E-state index contributed by atoms with van der Waals surface area (Å²) < 4.78 is 0. The maximum atomic E-state index is 12.3. The van der Waals surface area contributed by atoms with Gasteiger partial charge in [-0.15, -0.1) is 0 Å². The number of nitrogens with one attached hydrogen (secondary N) is 1. The second-order valence-corrected chi connectivity index (χ2v) is 7.73. The van der Waals surface area contributed by atoms with Crippen LogP contribution in [0.15, 0.2) is 48.5 Å². The Morgan fingerprint density at radius 3 is 2.56 bits per heavy atom. The summed E-state index contributed by atoms with van der Waals surface area (Å²) in [5.74, 6) is 0.843. The summed E-state index contributed by atoms with van der Waals surface area (Å²) in [4.78, 5) is 14.8. The molecular weight excluding hydrogens is 334 g/mol. The quantitative estimate of drug-likeness (QED) is 0.735. The van der Waals surface area contributed by atoms with Crippen molar-refractivity contribution in [2.45, 2.75) is 45.7 Å². The fourth-order valence-electron chi connectivity index (χ4n) is 3.85. The molecule has 0 saturated carbocycles. The Morgan fingerprint density at radius 1 is 1.11 bits per heavy atom. The Hall–Kier alpha value is -2.33. The van der Waals surface area contributed by atoms with E-state index < -0.39 is 0 Å². The normalized spacial score (nSPS) is 17.6. The predicted molar refractivity (Wildman–Crippen MR) is 111 cm³/mol. The second-order valence-electron chi connectivity index (χ2n) is 7.73. The SMILES string of the molecule is CC1CCCN(Cc2ccccc2CNC(=O)CCc2ccccc2N)C1. The van der Waals surface area contributed by atoms with Gasteiger partial charge in [-0.3, -0.25) is 9.69 Å². The van der Waals surface area contributed by atoms with E-state index in [1.54, 1.807) is 0 Å². The number of nitrogen functional groups attached to an aromatic ring is 1. The Balaban J connectivity index is 1.51. The molecule has 3 rings (SSSR count). The van der Waals surface area contributed by atoms with E-state index in [1.165, 1.54) is 37.1 Å². The summed E-state index contributed by atoms with van der Waals surface area (Å²) in [6.45, 7) is 6.22. The van der Waals surface area contributed by atoms with Crippen molar-refractivity contribution in [1.29, 1.82) is 0 Å². The van der Waals surface area contributed by atoms with Crippen LogP contribution in [-0.2, 0) is 24.3 Å². The third-order valence-electron chi connectivity index (χ3n) is 5.41. The topological polar surface area (TPSA) is 58.4 Å². The summed E-state index contributed by atoms with van der Waals surface area (Å²) in [5, 5.41) is 3.08. The second kappa shape index (κ2) is 9.56. The van der Waals surface area contributed by atoms with Crippen LogP contribution in [0.1, 0.15) is 42.9 Å². The molecule has 4 nitrogen and oxygen atoms in total. The van der Waals surface area contributed by atoms with Crippen molar-refractivity contribution in [3.05, 3.63) is 65.2 Å². The number of para-hydroxylation sites is 1. The lowest BCUT2D eigenvalue weighted by Crippen LogP contribution is -2.34. The molecule has 2 aromatic carbocycles. The molecule has 1 aliphatic heterocycles. The highest BCUT2D eigenvalue weighted by molar-refractivity contribution is 5.76. The Labute approximate surface area is 162 Å². The van der Waals surface area contributed by atoms with Gasteiger partial charge in [-0.25, -0.2) is 0 Å². The van der Waals surface area contributed by atoms with E-state index in [0.717, 1.165) is 23.7 Å². The molecule has 27 heavy (non-hydrogen) atoms. The molecule has 3 N–H and O–H groups in total. The number of piperidine rings is 1. The third kappa shape index (κ3) is 5.83. The number of nitrogens with two attached hydrogens (primary N) is 1. The first-order chi connectivity index (χ1) is 13.1. The number of hydrogen-bond acceptors (Lipinski definition) is 3. The lowest BCUT2D eigenvalue weighted by atomic mass is 9.99. The van der Waals surface area contributed by atoms with Crippen LogP contribution < -0.4 is 11.1 Å². The average Bonchev–Trinajstić information content (AvgIpc) is 2.67. The van der Waals surface area contributed by atoms with Gasteiger partial charge >= 0.3 is 0 Å². The maximum Gasteiger partial charge on any atom is 0.220 e. The van der Waals surface area contributed by atoms with Gasteiger partial charge in [0.15, 0.2) is 0 Å². The molecule has 0 aromatic heterocycles. The number of carbonyl (C=O) groups is 1. The van der Waals surface area contributed by atoms with E-state index in [4.69, 9.17) is 5.73 Å². The smallest absolute Gasteiger partial charge is 0.220 e. The summed E-state index contributed by atoms with van der Waals surface area (Å²) >= 11 is 0. The molecule has 1 unspecified atom stereocenters. The Kier molecular flexibility index (Phi) is 6.88. The summed E-state index contributed by atoms with van der Waals surface area (Å²) in [5.41, 5.74) is 10.3. The Morgan fingerprint density at radius 2 is 1.81 bits per heavy atom. The number of carbonyl (C=O) groups excluding carboxylic acids is 1. The molecule has 0 aliphatic carbocycles. The molecule has 1 heterocycles. The van der Waals surface area contributed by atoms with Gasteiger partial charge in [0.2, 0.25) is 5.91 Å². The van der Waals surface area contributed by atoms with Crippen LogP contribution in [0.3, 0.4) is 0 Å². The fourth-order valence-corrected chi connectivity index (χ4v) is 3.85. The molecule has 4 heteroatoms. The number of aryl methyl sites for hydroxylation is 1. The van der Waals surface area contributed by atoms with E-state index in [1.807, 2.05) is 24.3 Å². The number of rotatable bonds is 7. The lowest BCUT2D eigenvalue weighted by Gasteiger charge is -2.31. The van der Waals surface area contributed by atoms with Crippen molar-refractivity contribution in [1.82, 2.24) is 10.2 Å². The minimum absolute atomic E-state index is 0.0691. The fraction of sp³-hybridized carbons (Fsp3) is 0.435. The molecule has 1 atom stereocenters. The molecule has 0 radical (unpaired) electrons. The highest BCUT2D eigenvalue weighted by atomic mass is 16.1. The van der Waals surface area contributed by atoms with E-state index in [-0.39, 0.29) is 5.91 Å². The van der Waals surface area contributed by atoms with E-state index >= 15 is 0 Å². The van der Waals surface area contributed by atoms with Crippen molar-refractivity contribution in [3.8, 4) is 0 Å². The molecule has 2 aromatic rings. The minimum Gasteiger partial charge on any atom is -0.399 e. The van der Waals surface area contributed by atoms with E-state index in [2.05, 4.69) is 41.4 Å². The standard InChI is InChI=1S/C23H31N3O/c1-18-7-6-14-26(16-18)17-21-10-3-2-9-20(21)15-25-23(27)13-12-19-8-4-5-11-22(19)24/h2-5,8-11,18H,6-7,12-17,24H2,1H3,(H,25,27). The van der Waals surface area contributed by atoms with Crippen LogP contribution in [0.5, 0.6) is 0 Å². The monoisotopic (exact) mass is 365 g/mol. The number of benzene rings is 2. The van der Waals surface area contributed by atoms with E-state index in [0.29, 0.717) is 19.4 Å². The van der Waals surface area contributed by atoms with Crippen molar-refractivity contribution in [2.24, 2.45) is 5.92 Å². The van der Waals surface area contributed by atoms with E-state index in [9.17, 15) is 4.79 Å². The van der Waals surface area contributed by atoms with Gasteiger partial charge in [-0.05, 0) is 54.5 Å². The Bertz CT molecular complexity index is 759. The zero-order valence-corrected chi connectivity index (χ0v) is 16.3. The van der Waals surface area contributed by atoms with Crippen LogP contribution in [0.4, 0.5) is 5.69 Å². The van der Waals surface area contributed by atoms with Crippen molar-refractivity contribution in [2.75, 3.05) is 18.8 Å². The zero-order valence-electron chi connectivity index (χ0n) is 16.3. The third-order valence-corrected chi connectivity index (χ3v) is 5.41. The van der Waals surface area contributed by atoms with Gasteiger partial charge < -0.3 is 11.1 Å². The zero-order chi connectivity index (χ0) is 19.1. The van der Waals surface area contributed by atoms with Crippen LogP contribution in [-0.4, -0.2) is 23.9 Å². The molecule has 1 fully saturated rings. The van der Waals surface area contributed by atoms with Crippen LogP contribution in [0.25, 0.3) is 0 Å². The molecule has 1 saturated heterocycles. The molecule has 144 valence electrons. The van der Waals surface area contributed by atoms with Crippen molar-refractivity contribution >= 4 is 11.6 Å². The molecular formula is C23H31N3O. The first-order valence-electron chi connectivity index (χ1n) is 10.0. The van der Waals surface area contributed by atoms with Gasteiger partial charge in [0.25, 0.3) is 0 Å². The van der Waals surface area contributed by atoms with Crippen molar-refractivity contribution < 1.29 is 4.79 Å². The van der Waals surface area contributed by atoms with Crippen LogP contribution in [0, 0.1) is 5.92 Å². The average molecular weight is 366 g/mol. The van der Waals surface area contributed by atoms with Gasteiger partial charge in [0.1, 0.15) is 0 Å². The van der Waals surface area contributed by atoms with Crippen LogP contribution >= 0.6 is 0 Å².